The largest absolute Gasteiger partial charge is 0.481 e. The molecule has 0 atom stereocenters. The second kappa shape index (κ2) is 6.26. The van der Waals surface area contributed by atoms with Crippen LogP contribution >= 0.6 is 11.3 Å². The number of aromatic nitrogens is 4. The SMILES string of the molecule is O=C(O)Cc1nn(Cc2nc3cc(F)ccc3s2)c(=O)c2ncccc12. The Morgan fingerprint density at radius 2 is 2.15 bits per heavy atom. The average Bonchev–Trinajstić information content (AvgIpc) is 3.00. The maximum atomic E-state index is 13.3. The molecule has 0 radical (unpaired) electrons. The molecule has 9 heteroatoms. The highest BCUT2D eigenvalue weighted by atomic mass is 32.1. The van der Waals surface area contributed by atoms with E-state index in [-0.39, 0.29) is 30.0 Å². The summed E-state index contributed by atoms with van der Waals surface area (Å²) in [6.07, 6.45) is 1.15. The lowest BCUT2D eigenvalue weighted by atomic mass is 10.2. The molecular weight excluding hydrogens is 359 g/mol. The number of nitrogens with zero attached hydrogens (tertiary/aromatic N) is 4. The topological polar surface area (TPSA) is 98.0 Å². The Labute approximate surface area is 149 Å². The van der Waals surface area contributed by atoms with Crippen molar-refractivity contribution in [2.24, 2.45) is 0 Å². The molecule has 130 valence electrons. The first-order valence-corrected chi connectivity index (χ1v) is 8.44. The highest BCUT2D eigenvalue weighted by Gasteiger charge is 2.15. The fourth-order valence-corrected chi connectivity index (χ4v) is 3.63. The van der Waals surface area contributed by atoms with Crippen LogP contribution in [-0.2, 0) is 17.8 Å². The molecule has 7 nitrogen and oxygen atoms in total. The highest BCUT2D eigenvalue weighted by Crippen LogP contribution is 2.23. The Morgan fingerprint density at radius 3 is 2.96 bits per heavy atom. The first-order chi connectivity index (χ1) is 12.5. The number of carboxylic acid groups (broad SMARTS) is 1. The van der Waals surface area contributed by atoms with Crippen LogP contribution in [0.4, 0.5) is 4.39 Å². The molecule has 0 aliphatic rings. The number of thiazole rings is 1. The second-order valence-electron chi connectivity index (χ2n) is 5.60. The molecule has 1 aromatic carbocycles. The van der Waals surface area contributed by atoms with Crippen LogP contribution in [0.5, 0.6) is 0 Å². The molecule has 1 N–H and O–H groups in total. The third-order valence-corrected chi connectivity index (χ3v) is 4.82. The Balaban J connectivity index is 1.83. The predicted octanol–water partition coefficient (Wildman–Crippen LogP) is 2.22. The van der Waals surface area contributed by atoms with Crippen molar-refractivity contribution in [2.75, 3.05) is 0 Å². The zero-order valence-corrected chi connectivity index (χ0v) is 14.0. The third-order valence-electron chi connectivity index (χ3n) is 3.79. The van der Waals surface area contributed by atoms with Crippen molar-refractivity contribution in [3.63, 3.8) is 0 Å². The molecule has 0 saturated carbocycles. The van der Waals surface area contributed by atoms with E-state index in [9.17, 15) is 14.0 Å². The summed E-state index contributed by atoms with van der Waals surface area (Å²) in [7, 11) is 0. The van der Waals surface area contributed by atoms with Crippen molar-refractivity contribution in [3.05, 3.63) is 63.4 Å². The Hall–Kier alpha value is -3.20. The molecule has 0 amide bonds. The van der Waals surface area contributed by atoms with Crippen LogP contribution in [0.3, 0.4) is 0 Å². The van der Waals surface area contributed by atoms with Gasteiger partial charge in [-0.25, -0.2) is 14.1 Å². The lowest BCUT2D eigenvalue weighted by molar-refractivity contribution is -0.136. The summed E-state index contributed by atoms with van der Waals surface area (Å²) < 4.78 is 15.3. The molecule has 0 saturated heterocycles. The number of carbonyl (C=O) groups is 1. The molecule has 4 rings (SSSR count). The molecule has 26 heavy (non-hydrogen) atoms. The van der Waals surface area contributed by atoms with Gasteiger partial charge in [0.2, 0.25) is 0 Å². The Bertz CT molecular complexity index is 1220. The average molecular weight is 370 g/mol. The van der Waals surface area contributed by atoms with E-state index in [1.165, 1.54) is 29.7 Å². The van der Waals surface area contributed by atoms with E-state index in [1.807, 2.05) is 0 Å². The molecule has 0 fully saturated rings. The third kappa shape index (κ3) is 2.93. The zero-order chi connectivity index (χ0) is 18.3. The molecule has 0 aliphatic carbocycles. The van der Waals surface area contributed by atoms with Gasteiger partial charge in [-0.2, -0.15) is 5.10 Å². The summed E-state index contributed by atoms with van der Waals surface area (Å²) >= 11 is 1.32. The van der Waals surface area contributed by atoms with Crippen LogP contribution < -0.4 is 5.56 Å². The lowest BCUT2D eigenvalue weighted by Crippen LogP contribution is -2.26. The van der Waals surface area contributed by atoms with E-state index < -0.39 is 11.5 Å². The number of benzene rings is 1. The number of halogens is 1. The van der Waals surface area contributed by atoms with Crippen molar-refractivity contribution < 1.29 is 14.3 Å². The van der Waals surface area contributed by atoms with E-state index in [4.69, 9.17) is 5.11 Å². The lowest BCUT2D eigenvalue weighted by Gasteiger charge is -2.08. The van der Waals surface area contributed by atoms with Gasteiger partial charge >= 0.3 is 5.97 Å². The normalized spacial score (nSPS) is 11.3. The minimum atomic E-state index is -1.05. The molecule has 4 aromatic rings. The van der Waals surface area contributed by atoms with Crippen LogP contribution in [0.25, 0.3) is 21.1 Å². The monoisotopic (exact) mass is 370 g/mol. The maximum absolute atomic E-state index is 13.3. The number of carboxylic acids is 1. The number of pyridine rings is 1. The first kappa shape index (κ1) is 16.3. The number of hydrogen-bond acceptors (Lipinski definition) is 6. The number of rotatable bonds is 4. The molecule has 0 unspecified atom stereocenters. The summed E-state index contributed by atoms with van der Waals surface area (Å²) in [5.41, 5.74) is 0.487. The van der Waals surface area contributed by atoms with Gasteiger partial charge in [0.1, 0.15) is 16.3 Å². The van der Waals surface area contributed by atoms with Gasteiger partial charge in [0.25, 0.3) is 5.56 Å². The maximum Gasteiger partial charge on any atom is 0.309 e. The second-order valence-corrected chi connectivity index (χ2v) is 6.71. The zero-order valence-electron chi connectivity index (χ0n) is 13.2. The van der Waals surface area contributed by atoms with Crippen LogP contribution in [0.1, 0.15) is 10.7 Å². The Morgan fingerprint density at radius 1 is 1.31 bits per heavy atom. The minimum absolute atomic E-state index is 0.0545. The van der Waals surface area contributed by atoms with E-state index in [2.05, 4.69) is 15.1 Å². The number of hydrogen-bond donors (Lipinski definition) is 1. The van der Waals surface area contributed by atoms with E-state index in [0.717, 1.165) is 9.38 Å². The summed E-state index contributed by atoms with van der Waals surface area (Å²) in [4.78, 5) is 32.2. The quantitative estimate of drug-likeness (QED) is 0.591. The van der Waals surface area contributed by atoms with E-state index >= 15 is 0 Å². The highest BCUT2D eigenvalue weighted by molar-refractivity contribution is 7.18. The smallest absolute Gasteiger partial charge is 0.309 e. The van der Waals surface area contributed by atoms with Crippen LogP contribution in [0.15, 0.2) is 41.3 Å². The van der Waals surface area contributed by atoms with Crippen LogP contribution in [0.2, 0.25) is 0 Å². The van der Waals surface area contributed by atoms with Crippen molar-refractivity contribution in [2.45, 2.75) is 13.0 Å². The standard InChI is InChI=1S/C17H11FN4O3S/c18-9-3-4-13-12(6-9)20-14(26-13)8-22-17(25)16-10(2-1-5-19-16)11(21-22)7-15(23)24/h1-6H,7-8H2,(H,23,24). The van der Waals surface area contributed by atoms with Crippen LogP contribution in [0, 0.1) is 5.82 Å². The van der Waals surface area contributed by atoms with Gasteiger partial charge in [-0.1, -0.05) is 0 Å². The van der Waals surface area contributed by atoms with E-state index in [1.54, 1.807) is 18.2 Å². The molecule has 0 bridgehead atoms. The van der Waals surface area contributed by atoms with Crippen molar-refractivity contribution in [1.29, 1.82) is 0 Å². The Kier molecular flexibility index (Phi) is 3.92. The molecule has 0 spiro atoms. The van der Waals surface area contributed by atoms with Gasteiger partial charge in [0.05, 0.1) is 28.9 Å². The van der Waals surface area contributed by atoms with Crippen molar-refractivity contribution in [3.8, 4) is 0 Å². The molecule has 0 aliphatic heterocycles. The van der Waals surface area contributed by atoms with E-state index in [0.29, 0.717) is 15.9 Å². The van der Waals surface area contributed by atoms with Gasteiger partial charge < -0.3 is 5.11 Å². The molecule has 3 aromatic heterocycles. The number of fused-ring (bicyclic) bond motifs is 2. The predicted molar refractivity (Wildman–Crippen MR) is 93.8 cm³/mol. The summed E-state index contributed by atoms with van der Waals surface area (Å²) in [6, 6.07) is 7.55. The molecular formula is C17H11FN4O3S. The van der Waals surface area contributed by atoms with Gasteiger partial charge in [0, 0.05) is 17.6 Å². The summed E-state index contributed by atoms with van der Waals surface area (Å²) in [6.45, 7) is 0.0545. The summed E-state index contributed by atoms with van der Waals surface area (Å²) in [5.74, 6) is -1.44. The first-order valence-electron chi connectivity index (χ1n) is 7.63. The minimum Gasteiger partial charge on any atom is -0.481 e. The van der Waals surface area contributed by atoms with Crippen molar-refractivity contribution >= 4 is 38.4 Å². The number of aliphatic carboxylic acids is 1. The molecule has 3 heterocycles. The summed E-state index contributed by atoms with van der Waals surface area (Å²) in [5, 5.41) is 14.3. The van der Waals surface area contributed by atoms with Gasteiger partial charge in [-0.3, -0.25) is 14.6 Å². The van der Waals surface area contributed by atoms with Gasteiger partial charge in [-0.05, 0) is 24.3 Å². The fraction of sp³-hybridized carbons (Fsp3) is 0.118. The van der Waals surface area contributed by atoms with Gasteiger partial charge in [-0.15, -0.1) is 11.3 Å². The van der Waals surface area contributed by atoms with Crippen molar-refractivity contribution in [1.82, 2.24) is 19.7 Å². The van der Waals surface area contributed by atoms with Gasteiger partial charge in [0.15, 0.2) is 0 Å². The fourth-order valence-electron chi connectivity index (χ4n) is 2.70. The van der Waals surface area contributed by atoms with Crippen LogP contribution in [-0.4, -0.2) is 30.8 Å².